The number of hydrogen-bond acceptors (Lipinski definition) is 1. The van der Waals surface area contributed by atoms with E-state index in [4.69, 9.17) is 0 Å². The lowest BCUT2D eigenvalue weighted by Gasteiger charge is -2.20. The highest BCUT2D eigenvalue weighted by molar-refractivity contribution is 6.50. The first-order valence-corrected chi connectivity index (χ1v) is 8.88. The summed E-state index contributed by atoms with van der Waals surface area (Å²) in [6.07, 6.45) is 23.0. The molecule has 0 aromatic heterocycles. The summed E-state index contributed by atoms with van der Waals surface area (Å²) in [6.45, 7) is 4.62. The second-order valence-electron chi connectivity index (χ2n) is 5.94. The van der Waals surface area contributed by atoms with Crippen molar-refractivity contribution in [2.75, 3.05) is 13.1 Å². The predicted octanol–water partition coefficient (Wildman–Crippen LogP) is 6.59. The van der Waals surface area contributed by atoms with Gasteiger partial charge in [0.25, 0.3) is 0 Å². The van der Waals surface area contributed by atoms with Crippen molar-refractivity contribution in [1.82, 2.24) is 4.90 Å². The maximum Gasteiger partial charge on any atom is 0.673 e. The van der Waals surface area contributed by atoms with Gasteiger partial charge in [-0.1, -0.05) is 76.9 Å². The van der Waals surface area contributed by atoms with E-state index in [0.717, 1.165) is 6.54 Å². The summed E-state index contributed by atoms with van der Waals surface area (Å²) in [7, 11) is -6.00. The second kappa shape index (κ2) is 14.6. The van der Waals surface area contributed by atoms with Crippen LogP contribution in [0.5, 0.6) is 0 Å². The third-order valence-corrected chi connectivity index (χ3v) is 3.68. The molecule has 1 heterocycles. The van der Waals surface area contributed by atoms with E-state index >= 15 is 0 Å². The van der Waals surface area contributed by atoms with Gasteiger partial charge in [-0.3, -0.25) is 0 Å². The van der Waals surface area contributed by atoms with Crippen molar-refractivity contribution in [3.05, 3.63) is 24.4 Å². The number of allylic oxidation sites excluding steroid dienone is 2. The van der Waals surface area contributed by atoms with Crippen LogP contribution in [-0.4, -0.2) is 25.2 Å². The van der Waals surface area contributed by atoms with Gasteiger partial charge in [-0.2, -0.15) is 0 Å². The van der Waals surface area contributed by atoms with Crippen molar-refractivity contribution in [3.63, 3.8) is 0 Å². The van der Waals surface area contributed by atoms with Crippen molar-refractivity contribution in [2.24, 2.45) is 0 Å². The molecule has 1 aliphatic heterocycles. The molecule has 0 fully saturated rings. The van der Waals surface area contributed by atoms with Crippen molar-refractivity contribution in [2.45, 2.75) is 71.1 Å². The molecule has 0 bridgehead atoms. The molecule has 23 heavy (non-hydrogen) atoms. The summed E-state index contributed by atoms with van der Waals surface area (Å²) in [5.41, 5.74) is 0. The van der Waals surface area contributed by atoms with E-state index in [1.54, 1.807) is 0 Å². The van der Waals surface area contributed by atoms with Crippen LogP contribution in [0.2, 0.25) is 0 Å². The van der Waals surface area contributed by atoms with Gasteiger partial charge in [0.1, 0.15) is 0 Å². The van der Waals surface area contributed by atoms with E-state index in [1.165, 1.54) is 70.8 Å². The van der Waals surface area contributed by atoms with Gasteiger partial charge in [-0.15, -0.1) is 0 Å². The van der Waals surface area contributed by atoms with Crippen LogP contribution in [0.15, 0.2) is 24.4 Å². The molecule has 1 rings (SSSR count). The zero-order chi connectivity index (χ0) is 17.4. The fraction of sp³-hybridized carbons (Fsp3) is 0.765. The number of halogens is 4. The minimum atomic E-state index is -6.00. The monoisotopic (exact) mass is 336 g/mol. The lowest BCUT2D eigenvalue weighted by Crippen LogP contribution is -2.19. The molecule has 0 atom stereocenters. The molecule has 1 nitrogen and oxygen atoms in total. The highest BCUT2D eigenvalue weighted by atomic mass is 19.5. The quantitative estimate of drug-likeness (QED) is 0.234. The zero-order valence-corrected chi connectivity index (χ0v) is 14.3. The molecular weight excluding hydrogens is 305 g/mol. The molecular formula is C17H31BF4N-. The molecule has 6 heteroatoms. The van der Waals surface area contributed by atoms with Gasteiger partial charge in [0.05, 0.1) is 0 Å². The normalized spacial score (nSPS) is 13.9. The molecule has 0 aromatic rings. The van der Waals surface area contributed by atoms with Crippen molar-refractivity contribution in [3.8, 4) is 0 Å². The maximum atomic E-state index is 9.75. The summed E-state index contributed by atoms with van der Waals surface area (Å²) in [5, 5.41) is 0. The fourth-order valence-corrected chi connectivity index (χ4v) is 2.48. The van der Waals surface area contributed by atoms with Crippen LogP contribution < -0.4 is 0 Å². The van der Waals surface area contributed by atoms with Crippen molar-refractivity contribution < 1.29 is 17.3 Å². The summed E-state index contributed by atoms with van der Waals surface area (Å²) in [5.74, 6) is 0. The molecule has 0 saturated heterocycles. The third kappa shape index (κ3) is 21.1. The van der Waals surface area contributed by atoms with Gasteiger partial charge >= 0.3 is 7.25 Å². The Bertz CT molecular complexity index is 310. The Morgan fingerprint density at radius 1 is 0.783 bits per heavy atom. The van der Waals surface area contributed by atoms with Gasteiger partial charge in [0, 0.05) is 13.1 Å². The summed E-state index contributed by atoms with van der Waals surface area (Å²) in [4.78, 5) is 2.41. The van der Waals surface area contributed by atoms with Crippen LogP contribution >= 0.6 is 0 Å². The lowest BCUT2D eigenvalue weighted by molar-refractivity contribution is 0.368. The zero-order valence-electron chi connectivity index (χ0n) is 14.3. The average molecular weight is 336 g/mol. The summed E-state index contributed by atoms with van der Waals surface area (Å²) < 4.78 is 39.0. The van der Waals surface area contributed by atoms with Gasteiger partial charge < -0.3 is 22.2 Å². The number of nitrogens with zero attached hydrogens (tertiary/aromatic N) is 1. The van der Waals surface area contributed by atoms with E-state index in [2.05, 4.69) is 36.3 Å². The maximum absolute atomic E-state index is 9.75. The minimum Gasteiger partial charge on any atom is -0.418 e. The predicted molar refractivity (Wildman–Crippen MR) is 91.9 cm³/mol. The van der Waals surface area contributed by atoms with Gasteiger partial charge in [-0.25, -0.2) is 0 Å². The lowest BCUT2D eigenvalue weighted by atomic mass is 10.1. The highest BCUT2D eigenvalue weighted by Gasteiger charge is 2.20. The standard InChI is InChI=1S/C17H31N.BF4/c1-2-3-4-5-6-7-8-9-10-12-15-18-16-13-11-14-17-18;2-1(3,4)5/h11,13-14,16H,2-10,12,15,17H2,1H3;/q;-1. The van der Waals surface area contributed by atoms with E-state index < -0.39 is 7.25 Å². The number of rotatable bonds is 11. The Morgan fingerprint density at radius 3 is 1.70 bits per heavy atom. The Hall–Kier alpha value is -0.935. The van der Waals surface area contributed by atoms with Crippen LogP contribution in [-0.2, 0) is 0 Å². The molecule has 0 saturated carbocycles. The molecule has 0 aromatic carbocycles. The van der Waals surface area contributed by atoms with Gasteiger partial charge in [0.15, 0.2) is 0 Å². The van der Waals surface area contributed by atoms with Crippen molar-refractivity contribution >= 4 is 7.25 Å². The number of unbranched alkanes of at least 4 members (excludes halogenated alkanes) is 9. The molecule has 0 radical (unpaired) electrons. The Kier molecular flexibility index (Phi) is 14.0. The van der Waals surface area contributed by atoms with E-state index in [-0.39, 0.29) is 0 Å². The molecule has 0 unspecified atom stereocenters. The molecule has 0 N–H and O–H groups in total. The van der Waals surface area contributed by atoms with Crippen LogP contribution in [0.4, 0.5) is 17.3 Å². The highest BCUT2D eigenvalue weighted by Crippen LogP contribution is 2.11. The molecule has 0 spiro atoms. The van der Waals surface area contributed by atoms with Crippen LogP contribution in [0, 0.1) is 0 Å². The molecule has 136 valence electrons. The van der Waals surface area contributed by atoms with Gasteiger partial charge in [0.2, 0.25) is 0 Å². The van der Waals surface area contributed by atoms with E-state index in [0.29, 0.717) is 0 Å². The Balaban J connectivity index is 0.000000841. The average Bonchev–Trinajstić information content (AvgIpc) is 2.48. The number of hydrogen-bond donors (Lipinski definition) is 0. The smallest absolute Gasteiger partial charge is 0.418 e. The first kappa shape index (κ1) is 22.1. The van der Waals surface area contributed by atoms with Crippen LogP contribution in [0.1, 0.15) is 71.1 Å². The Morgan fingerprint density at radius 2 is 1.26 bits per heavy atom. The first-order chi connectivity index (χ1) is 10.9. The van der Waals surface area contributed by atoms with E-state index in [9.17, 15) is 17.3 Å². The summed E-state index contributed by atoms with van der Waals surface area (Å²) in [6, 6.07) is 0. The van der Waals surface area contributed by atoms with Gasteiger partial charge in [-0.05, 0) is 18.7 Å². The first-order valence-electron chi connectivity index (χ1n) is 8.88. The second-order valence-corrected chi connectivity index (χ2v) is 5.94. The largest absolute Gasteiger partial charge is 0.673 e. The third-order valence-electron chi connectivity index (χ3n) is 3.68. The van der Waals surface area contributed by atoms with Crippen LogP contribution in [0.25, 0.3) is 0 Å². The van der Waals surface area contributed by atoms with Crippen molar-refractivity contribution in [1.29, 1.82) is 0 Å². The fourth-order valence-electron chi connectivity index (χ4n) is 2.48. The molecule has 1 aliphatic rings. The van der Waals surface area contributed by atoms with E-state index in [1.807, 2.05) is 0 Å². The SMILES string of the molecule is CCCCCCCCCCCCN1C=CC=CC1.F[B-](F)(F)F. The topological polar surface area (TPSA) is 3.24 Å². The van der Waals surface area contributed by atoms with Crippen LogP contribution in [0.3, 0.4) is 0 Å². The molecule has 0 amide bonds. The minimum absolute atomic E-state index is 1.11. The molecule has 0 aliphatic carbocycles. The Labute approximate surface area is 138 Å². The summed E-state index contributed by atoms with van der Waals surface area (Å²) >= 11 is 0.